The zero-order valence-corrected chi connectivity index (χ0v) is 12.8. The van der Waals surface area contributed by atoms with Crippen molar-refractivity contribution < 1.29 is 14.6 Å². The van der Waals surface area contributed by atoms with Crippen molar-refractivity contribution in [3.8, 4) is 16.9 Å². The summed E-state index contributed by atoms with van der Waals surface area (Å²) in [6.45, 7) is -0.401. The molecule has 24 heavy (non-hydrogen) atoms. The molecule has 0 saturated carbocycles. The Morgan fingerprint density at radius 1 is 0.917 bits per heavy atom. The fraction of sp³-hybridized carbons (Fsp3) is 0.0500. The molecule has 0 aliphatic rings. The van der Waals surface area contributed by atoms with Crippen LogP contribution in [0.4, 0.5) is 0 Å². The van der Waals surface area contributed by atoms with Gasteiger partial charge in [-0.05, 0) is 22.8 Å². The van der Waals surface area contributed by atoms with E-state index >= 15 is 0 Å². The maximum absolute atomic E-state index is 11.6. The van der Waals surface area contributed by atoms with Gasteiger partial charge >= 0.3 is 0 Å². The SMILES string of the molecule is O=c1cc(CO)oc(/C=C/c2ccc(-c3ccccc3)cc2)c1O. The minimum absolute atomic E-state index is 0.0266. The first-order chi connectivity index (χ1) is 11.7. The maximum atomic E-state index is 11.6. The van der Waals surface area contributed by atoms with Crippen molar-refractivity contribution in [1.82, 2.24) is 0 Å². The molecule has 3 rings (SSSR count). The van der Waals surface area contributed by atoms with Gasteiger partial charge in [0.15, 0.2) is 5.76 Å². The molecule has 0 unspecified atom stereocenters. The molecular formula is C20H16O4. The van der Waals surface area contributed by atoms with Crippen LogP contribution < -0.4 is 5.43 Å². The zero-order chi connectivity index (χ0) is 16.9. The van der Waals surface area contributed by atoms with Crippen molar-refractivity contribution in [2.24, 2.45) is 0 Å². The third-order valence-corrected chi connectivity index (χ3v) is 3.60. The number of aliphatic hydroxyl groups excluding tert-OH is 1. The molecule has 0 fully saturated rings. The highest BCUT2D eigenvalue weighted by molar-refractivity contribution is 5.72. The second-order valence-corrected chi connectivity index (χ2v) is 5.27. The largest absolute Gasteiger partial charge is 0.502 e. The first kappa shape index (κ1) is 15.8. The van der Waals surface area contributed by atoms with E-state index < -0.39 is 17.8 Å². The number of benzene rings is 2. The van der Waals surface area contributed by atoms with Gasteiger partial charge in [-0.25, -0.2) is 0 Å². The van der Waals surface area contributed by atoms with Crippen molar-refractivity contribution >= 4 is 12.2 Å². The highest BCUT2D eigenvalue weighted by Crippen LogP contribution is 2.21. The van der Waals surface area contributed by atoms with Crippen LogP contribution in [0, 0.1) is 0 Å². The van der Waals surface area contributed by atoms with Gasteiger partial charge in [-0.2, -0.15) is 0 Å². The van der Waals surface area contributed by atoms with Crippen LogP contribution >= 0.6 is 0 Å². The molecule has 1 heterocycles. The lowest BCUT2D eigenvalue weighted by atomic mass is 10.0. The van der Waals surface area contributed by atoms with Gasteiger partial charge in [0.05, 0.1) is 0 Å². The summed E-state index contributed by atoms with van der Waals surface area (Å²) in [5.41, 5.74) is 2.55. The molecule has 1 aromatic heterocycles. The lowest BCUT2D eigenvalue weighted by Gasteiger charge is -2.03. The molecule has 0 atom stereocenters. The molecule has 120 valence electrons. The highest BCUT2D eigenvalue weighted by Gasteiger charge is 2.08. The van der Waals surface area contributed by atoms with E-state index in [2.05, 4.69) is 0 Å². The van der Waals surface area contributed by atoms with E-state index in [-0.39, 0.29) is 11.5 Å². The summed E-state index contributed by atoms with van der Waals surface area (Å²) in [5, 5.41) is 18.8. The topological polar surface area (TPSA) is 70.7 Å². The molecule has 4 nitrogen and oxygen atoms in total. The van der Waals surface area contributed by atoms with Gasteiger partial charge in [0.1, 0.15) is 12.4 Å². The van der Waals surface area contributed by atoms with Gasteiger partial charge in [0.25, 0.3) is 0 Å². The highest BCUT2D eigenvalue weighted by atomic mass is 16.4. The summed E-state index contributed by atoms with van der Waals surface area (Å²) in [5.74, 6) is -0.333. The molecule has 3 aromatic rings. The quantitative estimate of drug-likeness (QED) is 0.769. The first-order valence-corrected chi connectivity index (χ1v) is 7.48. The van der Waals surface area contributed by atoms with E-state index in [9.17, 15) is 9.90 Å². The molecule has 4 heteroatoms. The van der Waals surface area contributed by atoms with Crippen LogP contribution in [0.2, 0.25) is 0 Å². The molecule has 0 saturated heterocycles. The lowest BCUT2D eigenvalue weighted by Crippen LogP contribution is -2.02. The number of hydrogen-bond acceptors (Lipinski definition) is 4. The minimum atomic E-state index is -0.579. The van der Waals surface area contributed by atoms with Gasteiger partial charge < -0.3 is 14.6 Å². The van der Waals surface area contributed by atoms with Crippen LogP contribution in [0.15, 0.2) is 69.9 Å². The molecule has 0 radical (unpaired) electrons. The van der Waals surface area contributed by atoms with Gasteiger partial charge in [-0.3, -0.25) is 4.79 Å². The van der Waals surface area contributed by atoms with Crippen LogP contribution in [0.5, 0.6) is 5.75 Å². The van der Waals surface area contributed by atoms with Gasteiger partial charge in [0, 0.05) is 6.07 Å². The number of hydrogen-bond donors (Lipinski definition) is 2. The number of aliphatic hydroxyl groups is 1. The standard InChI is InChI=1S/C20H16O4/c21-13-17-12-18(22)20(23)19(24-17)11-8-14-6-9-16(10-7-14)15-4-2-1-3-5-15/h1-12,21,23H,13H2/b11-8+. The second kappa shape index (κ2) is 6.98. The Hall–Kier alpha value is -3.11. The van der Waals surface area contributed by atoms with E-state index in [0.29, 0.717) is 0 Å². The lowest BCUT2D eigenvalue weighted by molar-refractivity contribution is 0.240. The number of aromatic hydroxyl groups is 1. The number of rotatable bonds is 4. The van der Waals surface area contributed by atoms with Crippen molar-refractivity contribution in [2.75, 3.05) is 0 Å². The van der Waals surface area contributed by atoms with E-state index in [1.807, 2.05) is 54.6 Å². The summed E-state index contributed by atoms with van der Waals surface area (Å²) >= 11 is 0. The average Bonchev–Trinajstić information content (AvgIpc) is 2.64. The third-order valence-electron chi connectivity index (χ3n) is 3.60. The van der Waals surface area contributed by atoms with Crippen molar-refractivity contribution in [3.63, 3.8) is 0 Å². The van der Waals surface area contributed by atoms with E-state index in [1.165, 1.54) is 6.08 Å². The van der Waals surface area contributed by atoms with Gasteiger partial charge in [0.2, 0.25) is 11.2 Å². The maximum Gasteiger partial charge on any atom is 0.227 e. The molecule has 0 spiro atoms. The van der Waals surface area contributed by atoms with Crippen LogP contribution in [-0.2, 0) is 6.61 Å². The zero-order valence-electron chi connectivity index (χ0n) is 12.8. The Kier molecular flexibility index (Phi) is 4.59. The average molecular weight is 320 g/mol. The van der Waals surface area contributed by atoms with E-state index in [1.54, 1.807) is 6.08 Å². The fourth-order valence-electron chi connectivity index (χ4n) is 2.34. The normalized spacial score (nSPS) is 11.0. The second-order valence-electron chi connectivity index (χ2n) is 5.27. The molecule has 0 aliphatic heterocycles. The van der Waals surface area contributed by atoms with Crippen LogP contribution in [0.3, 0.4) is 0 Å². The summed E-state index contributed by atoms with van der Waals surface area (Å²) in [6, 6.07) is 19.0. The molecule has 0 amide bonds. The molecular weight excluding hydrogens is 304 g/mol. The van der Waals surface area contributed by atoms with Crippen molar-refractivity contribution in [3.05, 3.63) is 88.0 Å². The van der Waals surface area contributed by atoms with Gasteiger partial charge in [-0.1, -0.05) is 60.7 Å². The molecule has 2 aromatic carbocycles. The Morgan fingerprint density at radius 3 is 2.25 bits per heavy atom. The third kappa shape index (κ3) is 3.45. The summed E-state index contributed by atoms with van der Waals surface area (Å²) in [7, 11) is 0. The molecule has 2 N–H and O–H groups in total. The van der Waals surface area contributed by atoms with Crippen molar-refractivity contribution in [2.45, 2.75) is 6.61 Å². The van der Waals surface area contributed by atoms with Crippen LogP contribution in [0.1, 0.15) is 17.1 Å². The smallest absolute Gasteiger partial charge is 0.227 e. The fourth-order valence-corrected chi connectivity index (χ4v) is 2.34. The van der Waals surface area contributed by atoms with E-state index in [0.717, 1.165) is 22.8 Å². The first-order valence-electron chi connectivity index (χ1n) is 7.48. The predicted octanol–water partition coefficient (Wildman–Crippen LogP) is 3.68. The van der Waals surface area contributed by atoms with Gasteiger partial charge in [-0.15, -0.1) is 0 Å². The Bertz CT molecular complexity index is 907. The molecule has 0 aliphatic carbocycles. The van der Waals surface area contributed by atoms with Crippen LogP contribution in [-0.4, -0.2) is 10.2 Å². The minimum Gasteiger partial charge on any atom is -0.502 e. The Morgan fingerprint density at radius 2 is 1.58 bits per heavy atom. The Labute approximate surface area is 139 Å². The summed E-state index contributed by atoms with van der Waals surface area (Å²) < 4.78 is 5.27. The molecule has 0 bridgehead atoms. The monoisotopic (exact) mass is 320 g/mol. The van der Waals surface area contributed by atoms with Crippen molar-refractivity contribution in [1.29, 1.82) is 0 Å². The Balaban J connectivity index is 1.85. The summed E-state index contributed by atoms with van der Waals surface area (Å²) in [4.78, 5) is 11.6. The van der Waals surface area contributed by atoms with Crippen LogP contribution in [0.25, 0.3) is 23.3 Å². The predicted molar refractivity (Wildman–Crippen MR) is 93.4 cm³/mol. The summed E-state index contributed by atoms with van der Waals surface area (Å²) in [6.07, 6.45) is 3.24. The van der Waals surface area contributed by atoms with E-state index in [4.69, 9.17) is 9.52 Å².